The maximum Gasteiger partial charge on any atom is 0.337 e. The summed E-state index contributed by atoms with van der Waals surface area (Å²) in [5, 5.41) is 11.2. The summed E-state index contributed by atoms with van der Waals surface area (Å²) in [7, 11) is 1.38. The molecular weight excluding hydrogens is 358 g/mol. The van der Waals surface area contributed by atoms with E-state index in [-0.39, 0.29) is 16.6 Å². The third-order valence-corrected chi connectivity index (χ3v) is 5.41. The number of esters is 1. The SMILES string of the molecule is COC(=O)c1ccc(N2CCN(Cc3cccc([N+](=O)[O-])c3C)C(C)C2)cc1. The van der Waals surface area contributed by atoms with Crippen LogP contribution in [0.2, 0.25) is 0 Å². The van der Waals surface area contributed by atoms with E-state index >= 15 is 0 Å². The molecule has 7 heteroatoms. The number of methoxy groups -OCH3 is 1. The van der Waals surface area contributed by atoms with Crippen molar-refractivity contribution in [3.63, 3.8) is 0 Å². The standard InChI is InChI=1S/C21H25N3O4/c1-15-13-23(19-9-7-17(8-10-19)21(25)28-3)12-11-22(15)14-18-5-4-6-20(16(18)2)24(26)27/h4-10,15H,11-14H2,1-3H3. The van der Waals surface area contributed by atoms with Crippen LogP contribution in [0.1, 0.15) is 28.4 Å². The molecule has 2 aromatic carbocycles. The molecule has 0 aliphatic carbocycles. The minimum atomic E-state index is -0.336. The lowest BCUT2D eigenvalue weighted by molar-refractivity contribution is -0.385. The lowest BCUT2D eigenvalue weighted by atomic mass is 10.0. The summed E-state index contributed by atoms with van der Waals surface area (Å²) in [6, 6.07) is 13.0. The lowest BCUT2D eigenvalue weighted by Gasteiger charge is -2.41. The first-order valence-electron chi connectivity index (χ1n) is 9.31. The van der Waals surface area contributed by atoms with Crippen LogP contribution < -0.4 is 4.90 Å². The molecule has 1 aliphatic heterocycles. The number of benzene rings is 2. The highest BCUT2D eigenvalue weighted by Gasteiger charge is 2.25. The molecule has 148 valence electrons. The van der Waals surface area contributed by atoms with E-state index in [9.17, 15) is 14.9 Å². The van der Waals surface area contributed by atoms with Crippen molar-refractivity contribution >= 4 is 17.3 Å². The van der Waals surface area contributed by atoms with E-state index in [1.807, 2.05) is 25.1 Å². The lowest BCUT2D eigenvalue weighted by Crippen LogP contribution is -2.51. The number of hydrogen-bond acceptors (Lipinski definition) is 6. The Morgan fingerprint density at radius 3 is 2.54 bits per heavy atom. The van der Waals surface area contributed by atoms with Crippen molar-refractivity contribution < 1.29 is 14.5 Å². The third kappa shape index (κ3) is 4.14. The summed E-state index contributed by atoms with van der Waals surface area (Å²) in [6.45, 7) is 7.26. The molecular formula is C21H25N3O4. The number of rotatable bonds is 5. The van der Waals surface area contributed by atoms with Crippen LogP contribution in [-0.4, -0.2) is 48.6 Å². The average Bonchev–Trinajstić information content (AvgIpc) is 2.70. The van der Waals surface area contributed by atoms with Gasteiger partial charge in [0.05, 0.1) is 17.6 Å². The maximum atomic E-state index is 11.6. The molecule has 1 fully saturated rings. The average molecular weight is 383 g/mol. The summed E-state index contributed by atoms with van der Waals surface area (Å²) in [5.41, 5.74) is 3.52. The monoisotopic (exact) mass is 383 g/mol. The van der Waals surface area contributed by atoms with E-state index in [0.29, 0.717) is 18.2 Å². The molecule has 1 heterocycles. The van der Waals surface area contributed by atoms with Gasteiger partial charge in [-0.15, -0.1) is 0 Å². The highest BCUT2D eigenvalue weighted by atomic mass is 16.6. The highest BCUT2D eigenvalue weighted by molar-refractivity contribution is 5.89. The number of anilines is 1. The Labute approximate surface area is 164 Å². The van der Waals surface area contributed by atoms with Crippen LogP contribution >= 0.6 is 0 Å². The number of carbonyl (C=O) groups excluding carboxylic acids is 1. The summed E-state index contributed by atoms with van der Waals surface area (Å²) in [6.07, 6.45) is 0. The van der Waals surface area contributed by atoms with Crippen molar-refractivity contribution in [3.8, 4) is 0 Å². The Bertz CT molecular complexity index is 866. The van der Waals surface area contributed by atoms with Gasteiger partial charge in [0, 0.05) is 49.5 Å². The molecule has 0 spiro atoms. The van der Waals surface area contributed by atoms with Gasteiger partial charge in [0.25, 0.3) is 5.69 Å². The Morgan fingerprint density at radius 1 is 1.21 bits per heavy atom. The molecule has 1 atom stereocenters. The van der Waals surface area contributed by atoms with Gasteiger partial charge >= 0.3 is 5.97 Å². The molecule has 0 saturated carbocycles. The zero-order valence-electron chi connectivity index (χ0n) is 16.4. The van der Waals surface area contributed by atoms with E-state index in [1.54, 1.807) is 24.3 Å². The predicted molar refractivity (Wildman–Crippen MR) is 108 cm³/mol. The van der Waals surface area contributed by atoms with Crippen molar-refractivity contribution in [1.29, 1.82) is 0 Å². The van der Waals surface area contributed by atoms with E-state index in [4.69, 9.17) is 4.74 Å². The number of ether oxygens (including phenoxy) is 1. The van der Waals surface area contributed by atoms with E-state index < -0.39 is 0 Å². The highest BCUT2D eigenvalue weighted by Crippen LogP contribution is 2.25. The number of nitrogens with zero attached hydrogens (tertiary/aromatic N) is 3. The van der Waals surface area contributed by atoms with E-state index in [2.05, 4.69) is 16.7 Å². The van der Waals surface area contributed by atoms with Gasteiger partial charge < -0.3 is 9.64 Å². The molecule has 0 N–H and O–H groups in total. The van der Waals surface area contributed by atoms with Crippen molar-refractivity contribution in [2.45, 2.75) is 26.4 Å². The fraction of sp³-hybridized carbons (Fsp3) is 0.381. The van der Waals surface area contributed by atoms with Gasteiger partial charge in [-0.25, -0.2) is 4.79 Å². The third-order valence-electron chi connectivity index (χ3n) is 5.41. The summed E-state index contributed by atoms with van der Waals surface area (Å²) < 4.78 is 4.74. The Balaban J connectivity index is 1.66. The zero-order valence-corrected chi connectivity index (χ0v) is 16.4. The Hall–Kier alpha value is -2.93. The van der Waals surface area contributed by atoms with Crippen LogP contribution in [0.3, 0.4) is 0 Å². The van der Waals surface area contributed by atoms with Crippen LogP contribution in [0, 0.1) is 17.0 Å². The smallest absolute Gasteiger partial charge is 0.337 e. The Morgan fingerprint density at radius 2 is 1.93 bits per heavy atom. The molecule has 1 unspecified atom stereocenters. The quantitative estimate of drug-likeness (QED) is 0.447. The van der Waals surface area contributed by atoms with E-state index in [0.717, 1.165) is 36.4 Å². The fourth-order valence-corrected chi connectivity index (χ4v) is 3.65. The second-order valence-corrected chi connectivity index (χ2v) is 7.12. The molecule has 0 radical (unpaired) electrons. The largest absolute Gasteiger partial charge is 0.465 e. The molecule has 0 amide bonds. The molecule has 2 aromatic rings. The van der Waals surface area contributed by atoms with Gasteiger partial charge in [-0.3, -0.25) is 15.0 Å². The van der Waals surface area contributed by atoms with Crippen LogP contribution in [0.25, 0.3) is 0 Å². The second-order valence-electron chi connectivity index (χ2n) is 7.12. The van der Waals surface area contributed by atoms with Gasteiger partial charge in [0.15, 0.2) is 0 Å². The summed E-state index contributed by atoms with van der Waals surface area (Å²) in [5.74, 6) is -0.336. The number of piperazine rings is 1. The minimum absolute atomic E-state index is 0.175. The van der Waals surface area contributed by atoms with Crippen LogP contribution in [-0.2, 0) is 11.3 Å². The molecule has 1 aliphatic rings. The molecule has 7 nitrogen and oxygen atoms in total. The maximum absolute atomic E-state index is 11.6. The predicted octanol–water partition coefficient (Wildman–Crippen LogP) is 3.40. The van der Waals surface area contributed by atoms with Crippen molar-refractivity contribution in [2.75, 3.05) is 31.6 Å². The van der Waals surface area contributed by atoms with Crippen molar-refractivity contribution in [1.82, 2.24) is 4.90 Å². The van der Waals surface area contributed by atoms with Crippen LogP contribution in [0.15, 0.2) is 42.5 Å². The first-order valence-corrected chi connectivity index (χ1v) is 9.31. The first kappa shape index (κ1) is 19.8. The van der Waals surface area contributed by atoms with Crippen molar-refractivity contribution in [2.24, 2.45) is 0 Å². The topological polar surface area (TPSA) is 75.9 Å². The molecule has 1 saturated heterocycles. The van der Waals surface area contributed by atoms with Gasteiger partial charge in [-0.2, -0.15) is 0 Å². The van der Waals surface area contributed by atoms with E-state index in [1.165, 1.54) is 7.11 Å². The summed E-state index contributed by atoms with van der Waals surface area (Å²) >= 11 is 0. The zero-order chi connectivity index (χ0) is 20.3. The van der Waals surface area contributed by atoms with Gasteiger partial charge in [0.1, 0.15) is 0 Å². The first-order chi connectivity index (χ1) is 13.4. The molecule has 0 aromatic heterocycles. The Kier molecular flexibility index (Phi) is 5.94. The van der Waals surface area contributed by atoms with Gasteiger partial charge in [0.2, 0.25) is 0 Å². The van der Waals surface area contributed by atoms with Crippen LogP contribution in [0.5, 0.6) is 0 Å². The fourth-order valence-electron chi connectivity index (χ4n) is 3.65. The number of nitro benzene ring substituents is 1. The number of carbonyl (C=O) groups is 1. The summed E-state index contributed by atoms with van der Waals surface area (Å²) in [4.78, 5) is 27.1. The minimum Gasteiger partial charge on any atom is -0.465 e. The van der Waals surface area contributed by atoms with Crippen LogP contribution in [0.4, 0.5) is 11.4 Å². The van der Waals surface area contributed by atoms with Gasteiger partial charge in [-0.05, 0) is 43.7 Å². The molecule has 28 heavy (non-hydrogen) atoms. The second kappa shape index (κ2) is 8.39. The number of nitro groups is 1. The van der Waals surface area contributed by atoms with Gasteiger partial charge in [-0.1, -0.05) is 12.1 Å². The molecule has 3 rings (SSSR count). The molecule has 0 bridgehead atoms. The number of hydrogen-bond donors (Lipinski definition) is 0. The van der Waals surface area contributed by atoms with Crippen molar-refractivity contribution in [3.05, 3.63) is 69.3 Å². The normalized spacial score (nSPS) is 17.4.